The summed E-state index contributed by atoms with van der Waals surface area (Å²) in [6.45, 7) is 7.65. The summed E-state index contributed by atoms with van der Waals surface area (Å²) in [6.07, 6.45) is 2.15. The predicted molar refractivity (Wildman–Crippen MR) is 92.3 cm³/mol. The minimum absolute atomic E-state index is 0.134. The number of carbonyl (C=O) groups is 1. The fourth-order valence-corrected chi connectivity index (χ4v) is 2.71. The number of ether oxygens (including phenoxy) is 1. The molecule has 1 aromatic rings. The molecular weight excluding hydrogens is 331 g/mol. The van der Waals surface area contributed by atoms with E-state index >= 15 is 0 Å². The average Bonchev–Trinajstić information content (AvgIpc) is 2.50. The van der Waals surface area contributed by atoms with Crippen LogP contribution in [0.25, 0.3) is 0 Å². The maximum Gasteiger partial charge on any atom is 0.293 e. The molecule has 132 valence electrons. The first-order chi connectivity index (χ1) is 11.2. The van der Waals surface area contributed by atoms with Gasteiger partial charge in [0.1, 0.15) is 11.4 Å². The summed E-state index contributed by atoms with van der Waals surface area (Å²) in [5.74, 6) is -0.403. The van der Waals surface area contributed by atoms with E-state index in [4.69, 9.17) is 16.9 Å². The Hall–Kier alpha value is -1.64. The van der Waals surface area contributed by atoms with Crippen molar-refractivity contribution in [3.8, 4) is 6.07 Å². The Balaban J connectivity index is 0.000000351. The molecule has 0 spiro atoms. The molecule has 0 unspecified atom stereocenters. The van der Waals surface area contributed by atoms with Gasteiger partial charge in [0, 0.05) is 11.8 Å². The highest BCUT2D eigenvalue weighted by Crippen LogP contribution is 2.37. The Morgan fingerprint density at radius 1 is 1.42 bits per heavy atom. The van der Waals surface area contributed by atoms with Crippen LogP contribution in [0.5, 0.6) is 0 Å². The van der Waals surface area contributed by atoms with E-state index in [1.54, 1.807) is 6.07 Å². The summed E-state index contributed by atoms with van der Waals surface area (Å²) < 4.78 is 18.1. The summed E-state index contributed by atoms with van der Waals surface area (Å²) in [7, 11) is 0. The number of nitriles is 1. The minimum atomic E-state index is -0.403. The third-order valence-electron chi connectivity index (χ3n) is 3.91. The normalized spacial score (nSPS) is 16.3. The largest absolute Gasteiger partial charge is 0.462 e. The molecule has 1 heterocycles. The van der Waals surface area contributed by atoms with E-state index in [1.165, 1.54) is 6.07 Å². The molecule has 2 rings (SSSR count). The third kappa shape index (κ3) is 6.10. The van der Waals surface area contributed by atoms with E-state index in [2.05, 4.69) is 16.1 Å². The molecule has 0 aromatic heterocycles. The number of nitrogens with zero attached hydrogens (tertiary/aromatic N) is 1. The molecule has 1 fully saturated rings. The topological polar surface area (TPSA) is 62.1 Å². The molecule has 1 aromatic carbocycles. The third-order valence-corrected chi connectivity index (χ3v) is 4.22. The van der Waals surface area contributed by atoms with Crippen LogP contribution in [0, 0.1) is 17.1 Å². The molecule has 0 atom stereocenters. The number of carbonyl (C=O) groups excluding carboxylic acids is 1. The van der Waals surface area contributed by atoms with E-state index in [1.807, 2.05) is 26.8 Å². The molecule has 0 amide bonds. The van der Waals surface area contributed by atoms with Crippen LogP contribution >= 0.6 is 11.6 Å². The van der Waals surface area contributed by atoms with Crippen LogP contribution in [0.3, 0.4) is 0 Å². The number of benzene rings is 1. The maximum atomic E-state index is 13.5. The standard InChI is InChI=1S/C13H14ClFN2.C5H10O2/c14-11-2-1-10(9-12(11)15)13(3-6-16)4-7-17-8-5-13;1-5(2,3)7-4-6/h1-2,9,17H,3-5,7-8H2;4H,1-3H3. The van der Waals surface area contributed by atoms with Crippen LogP contribution in [-0.2, 0) is 14.9 Å². The molecule has 1 saturated heterocycles. The van der Waals surface area contributed by atoms with Crippen molar-refractivity contribution in [2.24, 2.45) is 0 Å². The summed E-state index contributed by atoms with van der Waals surface area (Å²) >= 11 is 5.69. The number of nitrogens with one attached hydrogen (secondary N) is 1. The van der Waals surface area contributed by atoms with Crippen LogP contribution in [-0.4, -0.2) is 25.2 Å². The first kappa shape index (κ1) is 20.4. The second-order valence-electron chi connectivity index (χ2n) is 6.82. The van der Waals surface area contributed by atoms with Crippen LogP contribution < -0.4 is 5.32 Å². The van der Waals surface area contributed by atoms with Crippen LogP contribution in [0.2, 0.25) is 5.02 Å². The highest BCUT2D eigenvalue weighted by Gasteiger charge is 2.34. The van der Waals surface area contributed by atoms with Gasteiger partial charge in [-0.2, -0.15) is 5.26 Å². The van der Waals surface area contributed by atoms with Crippen LogP contribution in [0.4, 0.5) is 4.39 Å². The van der Waals surface area contributed by atoms with Crippen LogP contribution in [0.15, 0.2) is 18.2 Å². The summed E-state index contributed by atoms with van der Waals surface area (Å²) in [5.41, 5.74) is 0.357. The number of hydrogen-bond donors (Lipinski definition) is 1. The van der Waals surface area contributed by atoms with E-state index in [0.29, 0.717) is 12.9 Å². The molecule has 0 aliphatic carbocycles. The smallest absolute Gasteiger partial charge is 0.293 e. The predicted octanol–water partition coefficient (Wildman–Crippen LogP) is 3.97. The summed E-state index contributed by atoms with van der Waals surface area (Å²) in [4.78, 5) is 9.60. The molecule has 1 N–H and O–H groups in total. The van der Waals surface area contributed by atoms with Crippen molar-refractivity contribution in [1.82, 2.24) is 5.32 Å². The van der Waals surface area contributed by atoms with Crippen molar-refractivity contribution >= 4 is 18.1 Å². The Morgan fingerprint density at radius 2 is 2.04 bits per heavy atom. The van der Waals surface area contributed by atoms with E-state index in [-0.39, 0.29) is 16.0 Å². The van der Waals surface area contributed by atoms with Crippen molar-refractivity contribution in [1.29, 1.82) is 5.26 Å². The van der Waals surface area contributed by atoms with Crippen molar-refractivity contribution in [3.05, 3.63) is 34.6 Å². The molecule has 24 heavy (non-hydrogen) atoms. The molecule has 1 aliphatic heterocycles. The van der Waals surface area contributed by atoms with Gasteiger partial charge in [0.05, 0.1) is 11.1 Å². The zero-order chi connectivity index (χ0) is 18.2. The highest BCUT2D eigenvalue weighted by atomic mass is 35.5. The Labute approximate surface area is 147 Å². The SMILES string of the molecule is CC(C)(C)OC=O.N#CCC1(c2ccc(Cl)c(F)c2)CCNCC1. The molecule has 4 nitrogen and oxygen atoms in total. The van der Waals surface area contributed by atoms with E-state index < -0.39 is 5.82 Å². The lowest BCUT2D eigenvalue weighted by Gasteiger charge is -2.36. The molecule has 1 aliphatic rings. The number of rotatable bonds is 3. The Bertz CT molecular complexity index is 588. The summed E-state index contributed by atoms with van der Waals surface area (Å²) in [6, 6.07) is 7.12. The van der Waals surface area contributed by atoms with Gasteiger partial charge in [-0.3, -0.25) is 4.79 Å². The van der Waals surface area contributed by atoms with Gasteiger partial charge in [0.15, 0.2) is 0 Å². The van der Waals surface area contributed by atoms with Crippen molar-refractivity contribution in [2.45, 2.75) is 51.0 Å². The van der Waals surface area contributed by atoms with E-state index in [0.717, 1.165) is 31.5 Å². The van der Waals surface area contributed by atoms with Gasteiger partial charge >= 0.3 is 0 Å². The minimum Gasteiger partial charge on any atom is -0.462 e. The highest BCUT2D eigenvalue weighted by molar-refractivity contribution is 6.30. The summed E-state index contributed by atoms with van der Waals surface area (Å²) in [5, 5.41) is 12.4. The van der Waals surface area contributed by atoms with E-state index in [9.17, 15) is 9.18 Å². The molecule has 0 saturated carbocycles. The molecule has 0 radical (unpaired) electrons. The molecular formula is C18H24ClFN2O2. The number of hydrogen-bond acceptors (Lipinski definition) is 4. The zero-order valence-electron chi connectivity index (χ0n) is 14.4. The lowest BCUT2D eigenvalue weighted by molar-refractivity contribution is -0.138. The first-order valence-corrected chi connectivity index (χ1v) is 8.26. The second-order valence-corrected chi connectivity index (χ2v) is 7.23. The lowest BCUT2D eigenvalue weighted by atomic mass is 9.71. The molecule has 0 bridgehead atoms. The molecule has 6 heteroatoms. The zero-order valence-corrected chi connectivity index (χ0v) is 15.1. The quantitative estimate of drug-likeness (QED) is 0.834. The van der Waals surface area contributed by atoms with Crippen molar-refractivity contribution in [3.63, 3.8) is 0 Å². The van der Waals surface area contributed by atoms with Gasteiger partial charge in [0.25, 0.3) is 6.47 Å². The fraction of sp³-hybridized carbons (Fsp3) is 0.556. The van der Waals surface area contributed by atoms with Crippen molar-refractivity contribution < 1.29 is 13.9 Å². The maximum absolute atomic E-state index is 13.5. The van der Waals surface area contributed by atoms with Gasteiger partial charge in [-0.25, -0.2) is 4.39 Å². The van der Waals surface area contributed by atoms with Gasteiger partial charge in [0.2, 0.25) is 0 Å². The number of halogens is 2. The van der Waals surface area contributed by atoms with Crippen molar-refractivity contribution in [2.75, 3.05) is 13.1 Å². The average molecular weight is 355 g/mol. The lowest BCUT2D eigenvalue weighted by Crippen LogP contribution is -2.39. The number of piperidine rings is 1. The fourth-order valence-electron chi connectivity index (χ4n) is 2.59. The Kier molecular flexibility index (Phi) is 7.65. The van der Waals surface area contributed by atoms with Gasteiger partial charge in [-0.05, 0) is 64.4 Å². The van der Waals surface area contributed by atoms with Gasteiger partial charge in [-0.15, -0.1) is 0 Å². The second kappa shape index (κ2) is 9.00. The monoisotopic (exact) mass is 354 g/mol. The first-order valence-electron chi connectivity index (χ1n) is 7.89. The Morgan fingerprint density at radius 3 is 2.46 bits per heavy atom. The van der Waals surface area contributed by atoms with Crippen LogP contribution in [0.1, 0.15) is 45.6 Å². The van der Waals surface area contributed by atoms with Gasteiger partial charge < -0.3 is 10.1 Å². The van der Waals surface area contributed by atoms with Gasteiger partial charge in [-0.1, -0.05) is 17.7 Å².